The standard InChI is InChI=1S/CH3O.2CH3.Al/c1-2;;;/h2H,1H2;2*1H3;. The van der Waals surface area contributed by atoms with Gasteiger partial charge in [-0.15, -0.1) is 11.6 Å². The zero-order valence-electron chi connectivity index (χ0n) is 3.73. The summed E-state index contributed by atoms with van der Waals surface area (Å²) in [7, 11) is 0. The molecule has 0 aliphatic heterocycles. The lowest BCUT2D eigenvalue weighted by atomic mass is 11.7. The second-order valence-corrected chi connectivity index (χ2v) is 4.73. The smallest absolute Gasteiger partial charge is 0.293 e. The number of hydrogen-bond donors (Lipinski definition) is 1. The fraction of sp³-hybridized carbons (Fsp3) is 1.00. The Kier molecular flexibility index (Phi) is 2.98. The summed E-state index contributed by atoms with van der Waals surface area (Å²) in [6, 6.07) is 0. The summed E-state index contributed by atoms with van der Waals surface area (Å²) < 4.78 is 0. The van der Waals surface area contributed by atoms with Crippen molar-refractivity contribution in [2.24, 2.45) is 0 Å². The molecular weight excluding hydrogens is 79.0 g/mol. The minimum atomic E-state index is -0.594. The average Bonchev–Trinajstić information content (AvgIpc) is 1.38. The molecular formula is C3H9AlO. The molecule has 0 aromatic rings. The van der Waals surface area contributed by atoms with Crippen LogP contribution in [0.1, 0.15) is 0 Å². The van der Waals surface area contributed by atoms with Gasteiger partial charge in [-0.3, -0.25) is 0 Å². The summed E-state index contributed by atoms with van der Waals surface area (Å²) >= 11 is -0.594. The maximum Gasteiger partial charge on any atom is 0.293 e. The third kappa shape index (κ3) is 4.49. The van der Waals surface area contributed by atoms with E-state index in [9.17, 15) is 0 Å². The maximum atomic E-state index is 8.21. The minimum Gasteiger partial charge on any atom is -0.411 e. The molecule has 0 rings (SSSR count). The normalized spacial score (nSPS) is 7.80. The van der Waals surface area contributed by atoms with Crippen LogP contribution in [-0.4, -0.2) is 24.7 Å². The van der Waals surface area contributed by atoms with Gasteiger partial charge < -0.3 is 5.11 Å². The molecule has 5 heavy (non-hydrogen) atoms. The van der Waals surface area contributed by atoms with E-state index >= 15 is 0 Å². The topological polar surface area (TPSA) is 20.2 Å². The van der Waals surface area contributed by atoms with E-state index in [-0.39, 0.29) is 0 Å². The summed E-state index contributed by atoms with van der Waals surface area (Å²) in [5, 5.41) is 8.21. The van der Waals surface area contributed by atoms with Gasteiger partial charge in [0.2, 0.25) is 0 Å². The summed E-state index contributed by atoms with van der Waals surface area (Å²) in [4.78, 5) is 0. The molecule has 1 N–H and O–H groups in total. The van der Waals surface area contributed by atoms with Gasteiger partial charge in [-0.1, -0.05) is 0 Å². The molecule has 0 aliphatic rings. The van der Waals surface area contributed by atoms with Crippen LogP contribution in [0.4, 0.5) is 0 Å². The van der Waals surface area contributed by atoms with E-state index in [0.29, 0.717) is 5.47 Å². The molecule has 0 fully saturated rings. The van der Waals surface area contributed by atoms with Crippen LogP contribution < -0.4 is 0 Å². The third-order valence-corrected chi connectivity index (χ3v) is 1.10. The van der Waals surface area contributed by atoms with Gasteiger partial charge in [0.25, 0.3) is 14.1 Å². The zero-order chi connectivity index (χ0) is 4.28. The van der Waals surface area contributed by atoms with Gasteiger partial charge in [0, 0.05) is 0 Å². The summed E-state index contributed by atoms with van der Waals surface area (Å²) in [5.74, 6) is 4.22. The van der Waals surface area contributed by atoms with Crippen LogP contribution in [0, 0.1) is 0 Å². The first-order chi connectivity index (χ1) is 2.27. The van der Waals surface area contributed by atoms with Crippen LogP contribution in [-0.2, 0) is 0 Å². The van der Waals surface area contributed by atoms with Gasteiger partial charge in [-0.2, -0.15) is 0 Å². The third-order valence-electron chi connectivity index (χ3n) is 0.365. The van der Waals surface area contributed by atoms with Crippen molar-refractivity contribution in [3.8, 4) is 0 Å². The predicted molar refractivity (Wildman–Crippen MR) is 24.6 cm³/mol. The van der Waals surface area contributed by atoms with Crippen LogP contribution in [0.5, 0.6) is 0 Å². The van der Waals surface area contributed by atoms with E-state index in [1.165, 1.54) is 0 Å². The number of aliphatic hydroxyl groups excluding tert-OH is 1. The lowest BCUT2D eigenvalue weighted by Crippen LogP contribution is -2.05. The van der Waals surface area contributed by atoms with E-state index in [2.05, 4.69) is 11.6 Å². The van der Waals surface area contributed by atoms with E-state index in [1.807, 2.05) is 0 Å². The molecule has 0 unspecified atom stereocenters. The van der Waals surface area contributed by atoms with Crippen molar-refractivity contribution in [2.75, 3.05) is 5.47 Å². The SMILES string of the molecule is [CH3][Al]([CH3])[CH2]O. The molecule has 0 saturated carbocycles. The Morgan fingerprint density at radius 2 is 1.80 bits per heavy atom. The van der Waals surface area contributed by atoms with Crippen LogP contribution in [0.2, 0.25) is 11.6 Å². The molecule has 0 heterocycles. The molecule has 0 spiro atoms. The van der Waals surface area contributed by atoms with Crippen molar-refractivity contribution in [1.29, 1.82) is 0 Å². The Balaban J connectivity index is 2.54. The van der Waals surface area contributed by atoms with Gasteiger partial charge >= 0.3 is 0 Å². The molecule has 0 aliphatic carbocycles. The largest absolute Gasteiger partial charge is 0.411 e. The Hall–Kier alpha value is 0.492. The van der Waals surface area contributed by atoms with Gasteiger partial charge in [0.05, 0.1) is 0 Å². The predicted octanol–water partition coefficient (Wildman–Crippen LogP) is 0.272. The fourth-order valence-electron chi connectivity index (χ4n) is 0. The van der Waals surface area contributed by atoms with E-state index in [4.69, 9.17) is 5.11 Å². The Morgan fingerprint density at radius 3 is 1.80 bits per heavy atom. The zero-order valence-corrected chi connectivity index (χ0v) is 4.89. The first-order valence-corrected chi connectivity index (χ1v) is 5.01. The van der Waals surface area contributed by atoms with Crippen molar-refractivity contribution in [1.82, 2.24) is 0 Å². The average molecular weight is 88.1 g/mol. The molecule has 0 atom stereocenters. The molecule has 1 nitrogen and oxygen atoms in total. The second-order valence-electron chi connectivity index (χ2n) is 1.58. The van der Waals surface area contributed by atoms with Crippen LogP contribution in [0.15, 0.2) is 0 Å². The number of hydrogen-bond acceptors (Lipinski definition) is 1. The van der Waals surface area contributed by atoms with E-state index in [1.54, 1.807) is 0 Å². The molecule has 30 valence electrons. The van der Waals surface area contributed by atoms with Crippen LogP contribution >= 0.6 is 0 Å². The van der Waals surface area contributed by atoms with Gasteiger partial charge in [0.1, 0.15) is 0 Å². The number of aliphatic hydroxyl groups is 1. The Bertz CT molecular complexity index is 20.9. The molecule has 0 amide bonds. The highest BCUT2D eigenvalue weighted by atomic mass is 27.2. The van der Waals surface area contributed by atoms with E-state index < -0.39 is 14.1 Å². The number of rotatable bonds is 1. The van der Waals surface area contributed by atoms with Crippen molar-refractivity contribution >= 4 is 14.1 Å². The van der Waals surface area contributed by atoms with Gasteiger partial charge in [-0.05, 0) is 5.47 Å². The van der Waals surface area contributed by atoms with Crippen molar-refractivity contribution in [3.05, 3.63) is 0 Å². The summed E-state index contributed by atoms with van der Waals surface area (Å²) in [6.45, 7) is 0. The second kappa shape index (κ2) is 2.72. The summed E-state index contributed by atoms with van der Waals surface area (Å²) in [6.07, 6.45) is 0. The summed E-state index contributed by atoms with van der Waals surface area (Å²) in [5.41, 5.74) is 0.444. The molecule has 0 bridgehead atoms. The highest BCUT2D eigenvalue weighted by molar-refractivity contribution is 6.55. The highest BCUT2D eigenvalue weighted by Gasteiger charge is 1.94. The Labute approximate surface area is 37.0 Å². The van der Waals surface area contributed by atoms with Gasteiger partial charge in [0.15, 0.2) is 0 Å². The minimum absolute atomic E-state index is 0.444. The lowest BCUT2D eigenvalue weighted by molar-refractivity contribution is 0.363. The van der Waals surface area contributed by atoms with E-state index in [0.717, 1.165) is 0 Å². The highest BCUT2D eigenvalue weighted by Crippen LogP contribution is 1.69. The molecule has 2 heteroatoms. The Morgan fingerprint density at radius 1 is 1.60 bits per heavy atom. The van der Waals surface area contributed by atoms with Crippen molar-refractivity contribution in [2.45, 2.75) is 11.6 Å². The fourth-order valence-corrected chi connectivity index (χ4v) is 0. The molecule has 0 radical (unpaired) electrons. The first kappa shape index (κ1) is 5.49. The van der Waals surface area contributed by atoms with Crippen molar-refractivity contribution in [3.63, 3.8) is 0 Å². The molecule has 0 aromatic carbocycles. The lowest BCUT2D eigenvalue weighted by Gasteiger charge is -1.80. The first-order valence-electron chi connectivity index (χ1n) is 1.88. The molecule has 0 saturated heterocycles. The molecule has 0 aromatic heterocycles. The van der Waals surface area contributed by atoms with Crippen LogP contribution in [0.3, 0.4) is 0 Å². The monoisotopic (exact) mass is 88.0 g/mol. The van der Waals surface area contributed by atoms with Crippen LogP contribution in [0.25, 0.3) is 0 Å². The maximum absolute atomic E-state index is 8.21. The van der Waals surface area contributed by atoms with Gasteiger partial charge in [-0.25, -0.2) is 0 Å². The quantitative estimate of drug-likeness (QED) is 0.456. The van der Waals surface area contributed by atoms with Crippen molar-refractivity contribution < 1.29 is 5.11 Å².